The van der Waals surface area contributed by atoms with Gasteiger partial charge in [-0.15, -0.1) is 0 Å². The Bertz CT molecular complexity index is 970. The van der Waals surface area contributed by atoms with E-state index >= 15 is 0 Å². The summed E-state index contributed by atoms with van der Waals surface area (Å²) in [6.07, 6.45) is 0.839. The van der Waals surface area contributed by atoms with E-state index in [0.29, 0.717) is 33.7 Å². The van der Waals surface area contributed by atoms with Gasteiger partial charge in [-0.1, -0.05) is 6.07 Å². The number of methoxy groups -OCH3 is 1. The highest BCUT2D eigenvalue weighted by atomic mass is 19.1. The number of amides is 1. The van der Waals surface area contributed by atoms with Crippen LogP contribution in [0, 0.1) is 11.7 Å². The molecule has 1 amide bonds. The van der Waals surface area contributed by atoms with E-state index in [2.05, 4.69) is 15.3 Å². The number of benzene rings is 1. The maximum atomic E-state index is 14.3. The number of fused-ring (bicyclic) bond motifs is 1. The first kappa shape index (κ1) is 15.6. The van der Waals surface area contributed by atoms with Crippen LogP contribution in [0.5, 0.6) is 5.75 Å². The SMILES string of the molecule is COc1cccc(F)c1-c1c[nH]c2nc(NC(=O)C3CC3F)ccc12. The monoisotopic (exact) mass is 343 g/mol. The number of aromatic nitrogens is 2. The van der Waals surface area contributed by atoms with Crippen LogP contribution in [0.4, 0.5) is 14.6 Å². The van der Waals surface area contributed by atoms with Gasteiger partial charge in [-0.05, 0) is 30.7 Å². The molecule has 1 saturated carbocycles. The van der Waals surface area contributed by atoms with Gasteiger partial charge in [-0.2, -0.15) is 0 Å². The summed E-state index contributed by atoms with van der Waals surface area (Å²) in [6.45, 7) is 0. The number of nitrogens with zero attached hydrogens (tertiary/aromatic N) is 1. The Morgan fingerprint density at radius 1 is 1.36 bits per heavy atom. The van der Waals surface area contributed by atoms with E-state index in [-0.39, 0.29) is 12.3 Å². The second-order valence-electron chi connectivity index (χ2n) is 5.96. The molecular weight excluding hydrogens is 328 g/mol. The third-order valence-corrected chi connectivity index (χ3v) is 4.30. The average Bonchev–Trinajstić information content (AvgIpc) is 3.20. The molecular formula is C18H15F2N3O2. The molecule has 2 aromatic heterocycles. The molecule has 2 heterocycles. The number of halogens is 2. The van der Waals surface area contributed by atoms with Gasteiger partial charge in [0.2, 0.25) is 5.91 Å². The number of nitrogens with one attached hydrogen (secondary N) is 2. The number of carbonyl (C=O) groups excluding carboxylic acids is 1. The summed E-state index contributed by atoms with van der Waals surface area (Å²) in [5.41, 5.74) is 1.44. The molecule has 128 valence electrons. The van der Waals surface area contributed by atoms with Gasteiger partial charge in [0.15, 0.2) is 0 Å². The average molecular weight is 343 g/mol. The van der Waals surface area contributed by atoms with Crippen LogP contribution in [0.3, 0.4) is 0 Å². The van der Waals surface area contributed by atoms with Gasteiger partial charge in [-0.25, -0.2) is 13.8 Å². The number of hydrogen-bond acceptors (Lipinski definition) is 3. The summed E-state index contributed by atoms with van der Waals surface area (Å²) >= 11 is 0. The van der Waals surface area contributed by atoms with E-state index in [1.807, 2.05) is 0 Å². The van der Waals surface area contributed by atoms with Crippen molar-refractivity contribution in [1.29, 1.82) is 0 Å². The van der Waals surface area contributed by atoms with Crippen LogP contribution >= 0.6 is 0 Å². The van der Waals surface area contributed by atoms with Gasteiger partial charge < -0.3 is 15.0 Å². The molecule has 7 heteroatoms. The fraction of sp³-hybridized carbons (Fsp3) is 0.222. The summed E-state index contributed by atoms with van der Waals surface area (Å²) in [5.74, 6) is -0.617. The fourth-order valence-corrected chi connectivity index (χ4v) is 2.87. The molecule has 0 bridgehead atoms. The van der Waals surface area contributed by atoms with Gasteiger partial charge in [0.25, 0.3) is 0 Å². The normalized spacial score (nSPS) is 19.0. The molecule has 1 fully saturated rings. The number of carbonyl (C=O) groups is 1. The van der Waals surface area contributed by atoms with Crippen LogP contribution in [0.25, 0.3) is 22.2 Å². The summed E-state index contributed by atoms with van der Waals surface area (Å²) in [5, 5.41) is 3.29. The lowest BCUT2D eigenvalue weighted by Gasteiger charge is -2.09. The van der Waals surface area contributed by atoms with E-state index in [1.165, 1.54) is 13.2 Å². The van der Waals surface area contributed by atoms with E-state index in [4.69, 9.17) is 4.74 Å². The zero-order valence-electron chi connectivity index (χ0n) is 13.3. The van der Waals surface area contributed by atoms with Crippen molar-refractivity contribution in [2.75, 3.05) is 12.4 Å². The highest BCUT2D eigenvalue weighted by Gasteiger charge is 2.43. The predicted octanol–water partition coefficient (Wildman–Crippen LogP) is 3.67. The minimum atomic E-state index is -1.06. The van der Waals surface area contributed by atoms with Gasteiger partial charge in [0.05, 0.1) is 18.6 Å². The number of anilines is 1. The van der Waals surface area contributed by atoms with Crippen LogP contribution in [0.2, 0.25) is 0 Å². The zero-order chi connectivity index (χ0) is 17.6. The molecule has 2 N–H and O–H groups in total. The number of hydrogen-bond donors (Lipinski definition) is 2. The number of pyridine rings is 1. The van der Waals surface area contributed by atoms with E-state index in [9.17, 15) is 13.6 Å². The topological polar surface area (TPSA) is 67.0 Å². The number of H-pyrrole nitrogens is 1. The van der Waals surface area contributed by atoms with E-state index < -0.39 is 17.9 Å². The molecule has 3 aromatic rings. The van der Waals surface area contributed by atoms with E-state index in [0.717, 1.165) is 0 Å². The quantitative estimate of drug-likeness (QED) is 0.759. The minimum absolute atomic E-state index is 0.258. The minimum Gasteiger partial charge on any atom is -0.496 e. The van der Waals surface area contributed by atoms with Crippen LogP contribution in [0.15, 0.2) is 36.5 Å². The van der Waals surface area contributed by atoms with Crippen LogP contribution in [0.1, 0.15) is 6.42 Å². The summed E-state index contributed by atoms with van der Waals surface area (Å²) in [6, 6.07) is 7.97. The Morgan fingerprint density at radius 2 is 2.16 bits per heavy atom. The molecule has 5 nitrogen and oxygen atoms in total. The molecule has 0 spiro atoms. The zero-order valence-corrected chi connectivity index (χ0v) is 13.3. The van der Waals surface area contributed by atoms with Crippen molar-refractivity contribution in [1.82, 2.24) is 9.97 Å². The third kappa shape index (κ3) is 2.71. The highest BCUT2D eigenvalue weighted by Crippen LogP contribution is 2.37. The number of aromatic amines is 1. The van der Waals surface area contributed by atoms with Gasteiger partial charge in [-0.3, -0.25) is 4.79 Å². The van der Waals surface area contributed by atoms with Gasteiger partial charge >= 0.3 is 0 Å². The summed E-state index contributed by atoms with van der Waals surface area (Å²) in [4.78, 5) is 19.1. The molecule has 1 aromatic carbocycles. The third-order valence-electron chi connectivity index (χ3n) is 4.30. The molecule has 0 aliphatic heterocycles. The lowest BCUT2D eigenvalue weighted by molar-refractivity contribution is -0.117. The number of alkyl halides is 1. The lowest BCUT2D eigenvalue weighted by atomic mass is 10.0. The maximum Gasteiger partial charge on any atom is 0.231 e. The molecule has 1 aliphatic rings. The Morgan fingerprint density at radius 3 is 2.88 bits per heavy atom. The van der Waals surface area contributed by atoms with Crippen LogP contribution in [-0.4, -0.2) is 29.2 Å². The van der Waals surface area contributed by atoms with Gasteiger partial charge in [0.1, 0.15) is 29.2 Å². The molecule has 2 unspecified atom stereocenters. The first-order valence-corrected chi connectivity index (χ1v) is 7.84. The van der Waals surface area contributed by atoms with Crippen molar-refractivity contribution in [3.05, 3.63) is 42.3 Å². The Balaban J connectivity index is 1.70. The first-order chi connectivity index (χ1) is 12.1. The van der Waals surface area contributed by atoms with Crippen molar-refractivity contribution in [3.63, 3.8) is 0 Å². The Hall–Kier alpha value is -2.96. The second-order valence-corrected chi connectivity index (χ2v) is 5.96. The largest absolute Gasteiger partial charge is 0.496 e. The highest BCUT2D eigenvalue weighted by molar-refractivity contribution is 5.98. The standard InChI is InChI=1S/C18H15F2N3O2/c1-25-14-4-2-3-12(19)16(14)11-8-21-17-9(11)5-6-15(22-17)23-18(24)10-7-13(10)20/h2-6,8,10,13H,7H2,1H3,(H2,21,22,23,24). The molecule has 0 saturated heterocycles. The van der Waals surface area contributed by atoms with Crippen LogP contribution in [-0.2, 0) is 4.79 Å². The first-order valence-electron chi connectivity index (χ1n) is 7.84. The summed E-state index contributed by atoms with van der Waals surface area (Å²) < 4.78 is 32.5. The smallest absolute Gasteiger partial charge is 0.231 e. The van der Waals surface area contributed by atoms with Crippen molar-refractivity contribution < 1.29 is 18.3 Å². The van der Waals surface area contributed by atoms with Crippen LogP contribution < -0.4 is 10.1 Å². The molecule has 0 radical (unpaired) electrons. The Labute approximate surface area is 142 Å². The molecule has 1 aliphatic carbocycles. The number of ether oxygens (including phenoxy) is 1. The Kier molecular flexibility index (Phi) is 3.63. The molecule has 2 atom stereocenters. The van der Waals surface area contributed by atoms with Crippen molar-refractivity contribution in [2.24, 2.45) is 5.92 Å². The van der Waals surface area contributed by atoms with E-state index in [1.54, 1.807) is 30.5 Å². The summed E-state index contributed by atoms with van der Waals surface area (Å²) in [7, 11) is 1.48. The predicted molar refractivity (Wildman–Crippen MR) is 89.7 cm³/mol. The lowest BCUT2D eigenvalue weighted by Crippen LogP contribution is -2.15. The van der Waals surface area contributed by atoms with Crippen molar-refractivity contribution >= 4 is 22.8 Å². The maximum absolute atomic E-state index is 14.3. The second kappa shape index (κ2) is 5.84. The number of rotatable bonds is 4. The van der Waals surface area contributed by atoms with Crippen molar-refractivity contribution in [3.8, 4) is 16.9 Å². The fourth-order valence-electron chi connectivity index (χ4n) is 2.87. The molecule has 4 rings (SSSR count). The van der Waals surface area contributed by atoms with Crippen molar-refractivity contribution in [2.45, 2.75) is 12.6 Å². The molecule has 25 heavy (non-hydrogen) atoms. The van der Waals surface area contributed by atoms with Gasteiger partial charge in [0, 0.05) is 17.1 Å².